The van der Waals surface area contributed by atoms with Crippen LogP contribution in [-0.2, 0) is 9.59 Å². The van der Waals surface area contributed by atoms with Gasteiger partial charge in [-0.3, -0.25) is 9.59 Å². The van der Waals surface area contributed by atoms with Gasteiger partial charge in [-0.1, -0.05) is 36.8 Å². The smallest absolute Gasteiger partial charge is 0.292 e. The summed E-state index contributed by atoms with van der Waals surface area (Å²) in [5.41, 5.74) is 8.19. The van der Waals surface area contributed by atoms with Crippen molar-refractivity contribution in [2.45, 2.75) is 38.5 Å². The van der Waals surface area contributed by atoms with Gasteiger partial charge in [-0.25, -0.2) is 4.98 Å². The summed E-state index contributed by atoms with van der Waals surface area (Å²) in [6.07, 6.45) is 5.79. The van der Waals surface area contributed by atoms with E-state index >= 15 is 0 Å². The molecule has 0 radical (unpaired) electrons. The lowest BCUT2D eigenvalue weighted by Gasteiger charge is -2.36. The maximum atomic E-state index is 13.1. The molecule has 140 valence electrons. The minimum atomic E-state index is -0.548. The van der Waals surface area contributed by atoms with E-state index in [1.807, 2.05) is 25.1 Å². The number of ketones is 1. The highest BCUT2D eigenvalue weighted by atomic mass is 16.2. The quantitative estimate of drug-likeness (QED) is 0.811. The fourth-order valence-corrected chi connectivity index (χ4v) is 4.95. The highest BCUT2D eigenvalue weighted by Crippen LogP contribution is 2.52. The summed E-state index contributed by atoms with van der Waals surface area (Å²) in [6.45, 7) is 1.82. The lowest BCUT2D eigenvalue weighted by Crippen LogP contribution is -2.38. The van der Waals surface area contributed by atoms with Gasteiger partial charge >= 0.3 is 0 Å². The van der Waals surface area contributed by atoms with Gasteiger partial charge in [0.1, 0.15) is 5.82 Å². The molecule has 5 heteroatoms. The van der Waals surface area contributed by atoms with E-state index in [0.29, 0.717) is 23.3 Å². The van der Waals surface area contributed by atoms with Crippen LogP contribution in [0.15, 0.2) is 42.6 Å². The zero-order valence-electron chi connectivity index (χ0n) is 15.5. The SMILES string of the molecule is Cc1cc(NC(=O)C(=O)C2C[C@H]3CC[C@H](C3)[C@H]2c2ccccc2)cnc1N. The molecule has 2 bridgehead atoms. The maximum Gasteiger partial charge on any atom is 0.292 e. The number of carbonyl (C=O) groups is 2. The van der Waals surface area contributed by atoms with E-state index in [0.717, 1.165) is 18.4 Å². The van der Waals surface area contributed by atoms with Gasteiger partial charge in [-0.15, -0.1) is 0 Å². The number of carbonyl (C=O) groups excluding carboxylic acids is 2. The molecule has 4 rings (SSSR count). The third kappa shape index (κ3) is 3.46. The van der Waals surface area contributed by atoms with E-state index in [2.05, 4.69) is 22.4 Å². The monoisotopic (exact) mass is 363 g/mol. The topological polar surface area (TPSA) is 85.1 Å². The van der Waals surface area contributed by atoms with Crippen LogP contribution in [0.2, 0.25) is 0 Å². The lowest BCUT2D eigenvalue weighted by atomic mass is 9.67. The van der Waals surface area contributed by atoms with Gasteiger partial charge in [0.2, 0.25) is 5.78 Å². The van der Waals surface area contributed by atoms with E-state index in [9.17, 15) is 9.59 Å². The summed E-state index contributed by atoms with van der Waals surface area (Å²) in [7, 11) is 0. The second-order valence-electron chi connectivity index (χ2n) is 7.96. The fourth-order valence-electron chi connectivity index (χ4n) is 4.95. The van der Waals surface area contributed by atoms with Crippen molar-refractivity contribution in [3.05, 3.63) is 53.7 Å². The zero-order chi connectivity index (χ0) is 19.0. The average Bonchev–Trinajstić information content (AvgIpc) is 3.05. The number of nitrogens with one attached hydrogen (secondary N) is 1. The molecular formula is C22H25N3O2. The Hall–Kier alpha value is -2.69. The molecule has 4 atom stereocenters. The predicted molar refractivity (Wildman–Crippen MR) is 105 cm³/mol. The molecule has 2 fully saturated rings. The number of benzene rings is 1. The van der Waals surface area contributed by atoms with E-state index in [1.165, 1.54) is 24.6 Å². The van der Waals surface area contributed by atoms with Crippen molar-refractivity contribution in [1.29, 1.82) is 0 Å². The Kier molecular flexibility index (Phi) is 4.68. The van der Waals surface area contributed by atoms with Gasteiger partial charge < -0.3 is 11.1 Å². The van der Waals surface area contributed by atoms with Gasteiger partial charge in [0, 0.05) is 5.92 Å². The van der Waals surface area contributed by atoms with Crippen molar-refractivity contribution < 1.29 is 9.59 Å². The summed E-state index contributed by atoms with van der Waals surface area (Å²) >= 11 is 0. The Labute approximate surface area is 159 Å². The molecule has 5 nitrogen and oxygen atoms in total. The molecule has 0 spiro atoms. The summed E-state index contributed by atoms with van der Waals surface area (Å²) in [5, 5.41) is 2.72. The largest absolute Gasteiger partial charge is 0.383 e. The fraction of sp³-hybridized carbons (Fsp3) is 0.409. The number of hydrogen-bond donors (Lipinski definition) is 2. The van der Waals surface area contributed by atoms with Crippen LogP contribution in [0, 0.1) is 24.7 Å². The average molecular weight is 363 g/mol. The third-order valence-corrected chi connectivity index (χ3v) is 6.23. The Morgan fingerprint density at radius 1 is 1.15 bits per heavy atom. The van der Waals surface area contributed by atoms with Crippen molar-refractivity contribution in [3.63, 3.8) is 0 Å². The number of Topliss-reactive ketones (excluding diaryl/α,β-unsaturated/α-hetero) is 1. The Balaban J connectivity index is 1.56. The molecule has 3 N–H and O–H groups in total. The van der Waals surface area contributed by atoms with E-state index in [-0.39, 0.29) is 17.6 Å². The molecule has 0 saturated heterocycles. The Morgan fingerprint density at radius 2 is 1.93 bits per heavy atom. The third-order valence-electron chi connectivity index (χ3n) is 6.23. The second-order valence-corrected chi connectivity index (χ2v) is 7.96. The molecular weight excluding hydrogens is 338 g/mol. The zero-order valence-corrected chi connectivity index (χ0v) is 15.5. The first kappa shape index (κ1) is 17.7. The van der Waals surface area contributed by atoms with Crippen LogP contribution in [0.25, 0.3) is 0 Å². The van der Waals surface area contributed by atoms with E-state index in [4.69, 9.17) is 5.73 Å². The van der Waals surface area contributed by atoms with E-state index in [1.54, 1.807) is 6.07 Å². The molecule has 1 amide bonds. The number of nitrogens with two attached hydrogens (primary N) is 1. The van der Waals surface area contributed by atoms with Gasteiger partial charge in [0.05, 0.1) is 11.9 Å². The molecule has 1 aromatic heterocycles. The minimum Gasteiger partial charge on any atom is -0.383 e. The maximum absolute atomic E-state index is 13.1. The number of fused-ring (bicyclic) bond motifs is 2. The summed E-state index contributed by atoms with van der Waals surface area (Å²) in [4.78, 5) is 29.9. The lowest BCUT2D eigenvalue weighted by molar-refractivity contribution is -0.138. The number of amides is 1. The van der Waals surface area contributed by atoms with Crippen molar-refractivity contribution in [2.75, 3.05) is 11.1 Å². The van der Waals surface area contributed by atoms with Crippen molar-refractivity contribution in [2.24, 2.45) is 17.8 Å². The molecule has 27 heavy (non-hydrogen) atoms. The predicted octanol–water partition coefficient (Wildman–Crippen LogP) is 3.70. The number of rotatable bonds is 4. The van der Waals surface area contributed by atoms with Crippen LogP contribution in [0.4, 0.5) is 11.5 Å². The number of pyridine rings is 1. The first-order valence-electron chi connectivity index (χ1n) is 9.65. The van der Waals surface area contributed by atoms with Crippen molar-refractivity contribution >= 4 is 23.2 Å². The summed E-state index contributed by atoms with van der Waals surface area (Å²) < 4.78 is 0. The second kappa shape index (κ2) is 7.14. The molecule has 0 aliphatic heterocycles. The van der Waals surface area contributed by atoms with Crippen molar-refractivity contribution in [1.82, 2.24) is 4.98 Å². The molecule has 1 unspecified atom stereocenters. The minimum absolute atomic E-state index is 0.134. The number of hydrogen-bond acceptors (Lipinski definition) is 4. The number of nitrogen functional groups attached to an aromatic ring is 1. The first-order valence-corrected chi connectivity index (χ1v) is 9.65. The Bertz CT molecular complexity index is 865. The number of aryl methyl sites for hydroxylation is 1. The van der Waals surface area contributed by atoms with E-state index < -0.39 is 5.91 Å². The number of anilines is 2. The molecule has 2 aliphatic carbocycles. The summed E-state index contributed by atoms with van der Waals surface area (Å²) in [6, 6.07) is 11.9. The molecule has 1 heterocycles. The molecule has 1 aromatic carbocycles. The van der Waals surface area contributed by atoms with Crippen LogP contribution in [0.3, 0.4) is 0 Å². The molecule has 2 aliphatic rings. The summed E-state index contributed by atoms with van der Waals surface area (Å²) in [5.74, 6) is 0.511. The Morgan fingerprint density at radius 3 is 2.67 bits per heavy atom. The van der Waals surface area contributed by atoms with Gasteiger partial charge in [-0.05, 0) is 61.1 Å². The van der Waals surface area contributed by atoms with Crippen LogP contribution in [-0.4, -0.2) is 16.7 Å². The highest BCUT2D eigenvalue weighted by Gasteiger charge is 2.46. The van der Waals surface area contributed by atoms with Crippen LogP contribution >= 0.6 is 0 Å². The molecule has 2 aromatic rings. The molecule has 2 saturated carbocycles. The number of aromatic nitrogens is 1. The van der Waals surface area contributed by atoms with Crippen LogP contribution < -0.4 is 11.1 Å². The first-order chi connectivity index (χ1) is 13.0. The number of nitrogens with zero attached hydrogens (tertiary/aromatic N) is 1. The van der Waals surface area contributed by atoms with Crippen LogP contribution in [0.1, 0.15) is 42.7 Å². The standard InChI is InChI=1S/C22H25N3O2/c1-13-9-17(12-24-21(13)23)25-22(27)20(26)18-11-14-7-8-16(10-14)19(18)15-5-3-2-4-6-15/h2-6,9,12,14,16,18-19H,7-8,10-11H2,1H3,(H2,23,24)(H,25,27)/t14-,16+,18?,19+/m0/s1. The van der Waals surface area contributed by atoms with Crippen molar-refractivity contribution in [3.8, 4) is 0 Å². The highest BCUT2D eigenvalue weighted by molar-refractivity contribution is 6.41. The normalized spacial score (nSPS) is 26.6. The van der Waals surface area contributed by atoms with Crippen LogP contribution in [0.5, 0.6) is 0 Å². The van der Waals surface area contributed by atoms with Gasteiger partial charge in [0.15, 0.2) is 0 Å². The van der Waals surface area contributed by atoms with Gasteiger partial charge in [0.25, 0.3) is 5.91 Å². The van der Waals surface area contributed by atoms with Gasteiger partial charge in [-0.2, -0.15) is 0 Å².